The summed E-state index contributed by atoms with van der Waals surface area (Å²) in [7, 11) is -0.302. The average Bonchev–Trinajstić information content (AvgIpc) is 2.64. The molecule has 5 heteroatoms. The zero-order valence-corrected chi connectivity index (χ0v) is 13.3. The molecule has 2 aliphatic rings. The molecular formula is C16H23BN2O2. The quantitative estimate of drug-likeness (QED) is 0.848. The summed E-state index contributed by atoms with van der Waals surface area (Å²) >= 11 is 0. The summed E-state index contributed by atoms with van der Waals surface area (Å²) in [5.41, 5.74) is 1.80. The number of hydrogen-bond acceptors (Lipinski definition) is 4. The number of aromatic nitrogens is 1. The van der Waals surface area contributed by atoms with Crippen molar-refractivity contribution < 1.29 is 9.31 Å². The third-order valence-corrected chi connectivity index (χ3v) is 4.62. The van der Waals surface area contributed by atoms with Gasteiger partial charge in [0.25, 0.3) is 0 Å². The van der Waals surface area contributed by atoms with Crippen molar-refractivity contribution in [3.05, 3.63) is 29.4 Å². The first kappa shape index (κ1) is 14.6. The maximum Gasteiger partial charge on any atom is 0.487 e. The molecule has 1 saturated heterocycles. The van der Waals surface area contributed by atoms with Gasteiger partial charge in [-0.15, -0.1) is 0 Å². The molecule has 1 fully saturated rings. The second-order valence-corrected chi connectivity index (χ2v) is 6.79. The van der Waals surface area contributed by atoms with E-state index in [2.05, 4.69) is 44.1 Å². The van der Waals surface area contributed by atoms with Crippen molar-refractivity contribution in [2.45, 2.75) is 51.7 Å². The van der Waals surface area contributed by atoms with Gasteiger partial charge in [0.15, 0.2) is 0 Å². The maximum absolute atomic E-state index is 5.96. The molecule has 0 spiro atoms. The lowest BCUT2D eigenvalue weighted by Crippen LogP contribution is -2.41. The van der Waals surface area contributed by atoms with Crippen molar-refractivity contribution >= 4 is 19.0 Å². The van der Waals surface area contributed by atoms with Gasteiger partial charge in [-0.2, -0.15) is 0 Å². The van der Waals surface area contributed by atoms with E-state index in [1.807, 2.05) is 18.2 Å². The van der Waals surface area contributed by atoms with Gasteiger partial charge in [0.2, 0.25) is 0 Å². The molecule has 0 amide bonds. The third-order valence-electron chi connectivity index (χ3n) is 4.62. The summed E-state index contributed by atoms with van der Waals surface area (Å²) in [6.45, 7) is 9.27. The van der Waals surface area contributed by atoms with Crippen molar-refractivity contribution in [3.63, 3.8) is 0 Å². The molecule has 0 radical (unpaired) electrons. The summed E-state index contributed by atoms with van der Waals surface area (Å²) in [4.78, 5) is 4.48. The number of aryl methyl sites for hydroxylation is 1. The van der Waals surface area contributed by atoms with Gasteiger partial charge in [-0.3, -0.25) is 0 Å². The molecule has 21 heavy (non-hydrogen) atoms. The van der Waals surface area contributed by atoms with Crippen molar-refractivity contribution in [1.82, 2.24) is 4.98 Å². The highest BCUT2D eigenvalue weighted by molar-refractivity contribution is 6.52. The van der Waals surface area contributed by atoms with Crippen LogP contribution in [-0.4, -0.2) is 29.8 Å². The summed E-state index contributed by atoms with van der Waals surface area (Å²) in [6, 6.07) is 2.19. The molecule has 3 heterocycles. The Morgan fingerprint density at radius 3 is 2.67 bits per heavy atom. The highest BCUT2D eigenvalue weighted by Crippen LogP contribution is 2.37. The first-order chi connectivity index (χ1) is 9.87. The second kappa shape index (κ2) is 5.14. The number of pyridine rings is 1. The molecule has 1 aromatic heterocycles. The van der Waals surface area contributed by atoms with E-state index in [0.717, 1.165) is 24.3 Å². The molecule has 1 N–H and O–H groups in total. The van der Waals surface area contributed by atoms with Gasteiger partial charge in [-0.05, 0) is 57.7 Å². The number of hydrogen-bond donors (Lipinski definition) is 1. The molecule has 2 aliphatic heterocycles. The second-order valence-electron chi connectivity index (χ2n) is 6.79. The Kier molecular flexibility index (Phi) is 3.58. The Morgan fingerprint density at radius 2 is 1.95 bits per heavy atom. The first-order valence-electron chi connectivity index (χ1n) is 7.64. The van der Waals surface area contributed by atoms with Gasteiger partial charge in [-0.1, -0.05) is 12.1 Å². The van der Waals surface area contributed by atoms with Gasteiger partial charge in [0, 0.05) is 12.7 Å². The van der Waals surface area contributed by atoms with Gasteiger partial charge < -0.3 is 14.6 Å². The van der Waals surface area contributed by atoms with Crippen LogP contribution < -0.4 is 5.32 Å². The van der Waals surface area contributed by atoms with Crippen molar-refractivity contribution in [3.8, 4) is 0 Å². The predicted octanol–water partition coefficient (Wildman–Crippen LogP) is 3.08. The number of nitrogens with one attached hydrogen (secondary N) is 1. The number of anilines is 1. The van der Waals surface area contributed by atoms with Crippen LogP contribution >= 0.6 is 0 Å². The van der Waals surface area contributed by atoms with Crippen LogP contribution in [0.5, 0.6) is 0 Å². The summed E-state index contributed by atoms with van der Waals surface area (Å²) in [5, 5.41) is 3.32. The van der Waals surface area contributed by atoms with E-state index in [-0.39, 0.29) is 18.3 Å². The fourth-order valence-corrected chi connectivity index (χ4v) is 2.61. The van der Waals surface area contributed by atoms with Crippen molar-refractivity contribution in [1.29, 1.82) is 0 Å². The summed E-state index contributed by atoms with van der Waals surface area (Å²) < 4.78 is 11.9. The monoisotopic (exact) mass is 286 g/mol. The van der Waals surface area contributed by atoms with Crippen LogP contribution in [0.4, 0.5) is 5.82 Å². The Balaban J connectivity index is 1.73. The van der Waals surface area contributed by atoms with Gasteiger partial charge >= 0.3 is 7.12 Å². The van der Waals surface area contributed by atoms with Crippen LogP contribution in [0.15, 0.2) is 18.2 Å². The van der Waals surface area contributed by atoms with Crippen LogP contribution in [-0.2, 0) is 15.7 Å². The fourth-order valence-electron chi connectivity index (χ4n) is 2.61. The molecule has 0 saturated carbocycles. The number of fused-ring (bicyclic) bond motifs is 1. The van der Waals surface area contributed by atoms with Crippen molar-refractivity contribution in [2.24, 2.45) is 0 Å². The lowest BCUT2D eigenvalue weighted by molar-refractivity contribution is 0.00578. The molecular weight excluding hydrogens is 263 g/mol. The lowest BCUT2D eigenvalue weighted by atomic mass is 9.89. The molecule has 3 rings (SSSR count). The summed E-state index contributed by atoms with van der Waals surface area (Å²) in [5.74, 6) is 2.99. The molecule has 0 aromatic carbocycles. The highest BCUT2D eigenvalue weighted by Gasteiger charge is 2.49. The molecule has 4 nitrogen and oxygen atoms in total. The standard InChI is InChI=1S/C16H23BN2O2/c1-15(2)16(3,4)21-17(20-15)8-7-12-10-13-6-5-9-18-14(13)19-11-12/h7-8,10-11H,5-6,9H2,1-4H3,(H,18,19)/b8-7+. The average molecular weight is 286 g/mol. The molecule has 112 valence electrons. The van der Waals surface area contributed by atoms with E-state index in [9.17, 15) is 0 Å². The SMILES string of the molecule is CC1(C)OB(/C=C/c2cnc3c(c2)CCCN3)OC1(C)C. The smallest absolute Gasteiger partial charge is 0.400 e. The predicted molar refractivity (Wildman–Crippen MR) is 86.2 cm³/mol. The van der Waals surface area contributed by atoms with Crippen LogP contribution in [0.1, 0.15) is 45.2 Å². The molecule has 0 aliphatic carbocycles. The Hall–Kier alpha value is -1.33. The minimum atomic E-state index is -0.302. The molecule has 1 aromatic rings. The van der Waals surface area contributed by atoms with Crippen LogP contribution in [0.2, 0.25) is 0 Å². The summed E-state index contributed by atoms with van der Waals surface area (Å²) in [6.07, 6.45) is 6.18. The third kappa shape index (κ3) is 2.85. The van der Waals surface area contributed by atoms with E-state index in [0.29, 0.717) is 0 Å². The Morgan fingerprint density at radius 1 is 1.24 bits per heavy atom. The van der Waals surface area contributed by atoms with Crippen LogP contribution in [0.3, 0.4) is 0 Å². The number of rotatable bonds is 2. The van der Waals surface area contributed by atoms with E-state index < -0.39 is 0 Å². The van der Waals surface area contributed by atoms with Gasteiger partial charge in [0.1, 0.15) is 5.82 Å². The topological polar surface area (TPSA) is 43.4 Å². The Bertz CT molecular complexity index is 553. The normalized spacial score (nSPS) is 23.1. The molecule has 0 unspecified atom stereocenters. The zero-order valence-electron chi connectivity index (χ0n) is 13.3. The minimum Gasteiger partial charge on any atom is -0.400 e. The highest BCUT2D eigenvalue weighted by atomic mass is 16.7. The minimum absolute atomic E-state index is 0.292. The van der Waals surface area contributed by atoms with E-state index >= 15 is 0 Å². The Labute approximate surface area is 127 Å². The van der Waals surface area contributed by atoms with E-state index in [1.165, 1.54) is 12.0 Å². The van der Waals surface area contributed by atoms with Crippen LogP contribution in [0, 0.1) is 0 Å². The van der Waals surface area contributed by atoms with Crippen LogP contribution in [0.25, 0.3) is 6.08 Å². The van der Waals surface area contributed by atoms with Crippen molar-refractivity contribution in [2.75, 3.05) is 11.9 Å². The maximum atomic E-state index is 5.96. The number of nitrogens with zero attached hydrogens (tertiary/aromatic N) is 1. The molecule has 0 bridgehead atoms. The van der Waals surface area contributed by atoms with E-state index in [4.69, 9.17) is 9.31 Å². The fraction of sp³-hybridized carbons (Fsp3) is 0.562. The van der Waals surface area contributed by atoms with Gasteiger partial charge in [0.05, 0.1) is 11.2 Å². The lowest BCUT2D eigenvalue weighted by Gasteiger charge is -2.32. The molecule has 0 atom stereocenters. The first-order valence-corrected chi connectivity index (χ1v) is 7.64. The largest absolute Gasteiger partial charge is 0.487 e. The zero-order chi connectivity index (χ0) is 15.1. The van der Waals surface area contributed by atoms with E-state index in [1.54, 1.807) is 0 Å². The van der Waals surface area contributed by atoms with Gasteiger partial charge in [-0.25, -0.2) is 4.98 Å².